The molecule has 0 saturated heterocycles. The number of aryl methyl sites for hydroxylation is 1. The molecule has 6 nitrogen and oxygen atoms in total. The lowest BCUT2D eigenvalue weighted by atomic mass is 10.2. The Morgan fingerprint density at radius 3 is 2.80 bits per heavy atom. The quantitative estimate of drug-likeness (QED) is 0.600. The van der Waals surface area contributed by atoms with Gasteiger partial charge in [-0.25, -0.2) is 13.1 Å². The van der Waals surface area contributed by atoms with Gasteiger partial charge in [-0.1, -0.05) is 19.8 Å². The van der Waals surface area contributed by atoms with Crippen LogP contribution in [0.25, 0.3) is 0 Å². The van der Waals surface area contributed by atoms with E-state index in [-0.39, 0.29) is 0 Å². The summed E-state index contributed by atoms with van der Waals surface area (Å²) in [6.45, 7) is 5.45. The van der Waals surface area contributed by atoms with E-state index in [0.717, 1.165) is 25.3 Å². The van der Waals surface area contributed by atoms with E-state index >= 15 is 0 Å². The highest BCUT2D eigenvalue weighted by molar-refractivity contribution is 7.89. The average Bonchev–Trinajstić information content (AvgIpc) is 3.14. The molecule has 20 heavy (non-hydrogen) atoms. The van der Waals surface area contributed by atoms with Crippen LogP contribution in [-0.4, -0.2) is 31.7 Å². The van der Waals surface area contributed by atoms with Gasteiger partial charge < -0.3 is 5.32 Å². The highest BCUT2D eigenvalue weighted by atomic mass is 32.2. The number of sulfonamides is 1. The molecule has 3 N–H and O–H groups in total. The van der Waals surface area contributed by atoms with Crippen LogP contribution in [0.5, 0.6) is 0 Å². The fourth-order valence-corrected chi connectivity index (χ4v) is 3.70. The van der Waals surface area contributed by atoms with Gasteiger partial charge >= 0.3 is 0 Å². The van der Waals surface area contributed by atoms with Gasteiger partial charge in [0.05, 0.1) is 11.4 Å². The van der Waals surface area contributed by atoms with Crippen molar-refractivity contribution in [1.82, 2.24) is 20.2 Å². The number of aromatic nitrogens is 2. The maximum Gasteiger partial charge on any atom is 0.244 e. The zero-order valence-electron chi connectivity index (χ0n) is 12.2. The number of H-pyrrole nitrogens is 1. The molecular weight excluding hydrogens is 276 g/mol. The fraction of sp³-hybridized carbons (Fsp3) is 0.769. The molecule has 1 fully saturated rings. The third kappa shape index (κ3) is 4.04. The minimum atomic E-state index is -3.47. The molecule has 0 amide bonds. The highest BCUT2D eigenvalue weighted by Crippen LogP contribution is 2.33. The largest absolute Gasteiger partial charge is 0.311 e. The summed E-state index contributed by atoms with van der Waals surface area (Å²) in [7, 11) is -3.47. The molecule has 0 aromatic carbocycles. The molecule has 1 aliphatic rings. The topological polar surface area (TPSA) is 86.9 Å². The molecule has 2 rings (SSSR count). The molecule has 0 radical (unpaired) electrons. The van der Waals surface area contributed by atoms with Crippen LogP contribution in [0.15, 0.2) is 4.90 Å². The summed E-state index contributed by atoms with van der Waals surface area (Å²) in [6.07, 6.45) is 4.64. The lowest BCUT2D eigenvalue weighted by molar-refractivity contribution is 0.569. The van der Waals surface area contributed by atoms with E-state index in [9.17, 15) is 8.42 Å². The normalized spacial score (nSPS) is 15.7. The van der Waals surface area contributed by atoms with E-state index in [1.54, 1.807) is 6.92 Å². The van der Waals surface area contributed by atoms with Gasteiger partial charge in [0.25, 0.3) is 0 Å². The van der Waals surface area contributed by atoms with Crippen molar-refractivity contribution in [2.75, 3.05) is 13.1 Å². The number of aromatic amines is 1. The van der Waals surface area contributed by atoms with Crippen molar-refractivity contribution in [1.29, 1.82) is 0 Å². The van der Waals surface area contributed by atoms with Gasteiger partial charge in [-0.05, 0) is 32.2 Å². The Morgan fingerprint density at radius 2 is 2.15 bits per heavy atom. The monoisotopic (exact) mass is 300 g/mol. The predicted octanol–water partition coefficient (Wildman–Crippen LogP) is 1.30. The Labute approximate surface area is 120 Å². The third-order valence-corrected chi connectivity index (χ3v) is 5.21. The van der Waals surface area contributed by atoms with Crippen LogP contribution in [0.4, 0.5) is 0 Å². The molecule has 0 unspecified atom stereocenters. The lowest BCUT2D eigenvalue weighted by Crippen LogP contribution is -2.27. The Bertz CT molecular complexity index is 535. The van der Waals surface area contributed by atoms with Crippen LogP contribution < -0.4 is 10.0 Å². The maximum absolute atomic E-state index is 12.4. The first-order chi connectivity index (χ1) is 9.54. The van der Waals surface area contributed by atoms with E-state index < -0.39 is 10.0 Å². The standard InChI is InChI=1S/C13H24N4O2S/c1-3-14-9-12-13(10(2)16-17-12)20(18,19)15-8-4-5-11-6-7-11/h11,14-15H,3-9H2,1-2H3,(H,16,17). The summed E-state index contributed by atoms with van der Waals surface area (Å²) in [5.41, 5.74) is 1.15. The van der Waals surface area contributed by atoms with Crippen LogP contribution in [0, 0.1) is 12.8 Å². The molecule has 0 aliphatic heterocycles. The summed E-state index contributed by atoms with van der Waals surface area (Å²) in [6, 6.07) is 0. The number of rotatable bonds is 9. The summed E-state index contributed by atoms with van der Waals surface area (Å²) >= 11 is 0. The fourth-order valence-electron chi connectivity index (χ4n) is 2.27. The lowest BCUT2D eigenvalue weighted by Gasteiger charge is -2.08. The molecular formula is C13H24N4O2S. The van der Waals surface area contributed by atoms with Gasteiger partial charge in [-0.15, -0.1) is 0 Å². The van der Waals surface area contributed by atoms with Crippen molar-refractivity contribution < 1.29 is 8.42 Å². The van der Waals surface area contributed by atoms with Crippen molar-refractivity contribution in [3.8, 4) is 0 Å². The molecule has 0 bridgehead atoms. The van der Waals surface area contributed by atoms with E-state index in [1.165, 1.54) is 12.8 Å². The Kier molecular flexibility index (Phi) is 5.17. The summed E-state index contributed by atoms with van der Waals surface area (Å²) in [5.74, 6) is 0.833. The molecule has 1 saturated carbocycles. The second-order valence-electron chi connectivity index (χ2n) is 5.39. The average molecular weight is 300 g/mol. The molecule has 0 spiro atoms. The molecule has 1 aromatic rings. The van der Waals surface area contributed by atoms with Crippen LogP contribution >= 0.6 is 0 Å². The van der Waals surface area contributed by atoms with E-state index in [4.69, 9.17) is 0 Å². The Morgan fingerprint density at radius 1 is 1.40 bits per heavy atom. The summed E-state index contributed by atoms with van der Waals surface area (Å²) in [5, 5.41) is 9.95. The molecule has 1 heterocycles. The maximum atomic E-state index is 12.4. The molecule has 7 heteroatoms. The van der Waals surface area contributed by atoms with Crippen molar-refractivity contribution in [3.05, 3.63) is 11.4 Å². The van der Waals surface area contributed by atoms with Crippen molar-refractivity contribution in [2.24, 2.45) is 5.92 Å². The van der Waals surface area contributed by atoms with Gasteiger partial charge in [0.1, 0.15) is 4.90 Å². The van der Waals surface area contributed by atoms with Crippen LogP contribution in [0.1, 0.15) is 44.0 Å². The van der Waals surface area contributed by atoms with Crippen molar-refractivity contribution >= 4 is 10.0 Å². The molecule has 1 aromatic heterocycles. The summed E-state index contributed by atoms with van der Waals surface area (Å²) in [4.78, 5) is 0.296. The SMILES string of the molecule is CCNCc1n[nH]c(C)c1S(=O)(=O)NCCCC1CC1. The zero-order valence-corrected chi connectivity index (χ0v) is 13.0. The Hall–Kier alpha value is -0.920. The minimum absolute atomic E-state index is 0.296. The van der Waals surface area contributed by atoms with Gasteiger partial charge in [-0.2, -0.15) is 5.10 Å². The first-order valence-corrected chi connectivity index (χ1v) is 8.77. The van der Waals surface area contributed by atoms with E-state index in [1.807, 2.05) is 6.92 Å². The number of nitrogens with zero attached hydrogens (tertiary/aromatic N) is 1. The second kappa shape index (κ2) is 6.69. The second-order valence-corrected chi connectivity index (χ2v) is 7.09. The molecule has 0 atom stereocenters. The van der Waals surface area contributed by atoms with Crippen molar-refractivity contribution in [2.45, 2.75) is 51.0 Å². The Balaban J connectivity index is 1.97. The number of nitrogens with one attached hydrogen (secondary N) is 3. The smallest absolute Gasteiger partial charge is 0.244 e. The zero-order chi connectivity index (χ0) is 14.6. The molecule has 114 valence electrons. The highest BCUT2D eigenvalue weighted by Gasteiger charge is 2.24. The molecule has 1 aliphatic carbocycles. The van der Waals surface area contributed by atoms with E-state index in [2.05, 4.69) is 20.2 Å². The first kappa shape index (κ1) is 15.5. The minimum Gasteiger partial charge on any atom is -0.311 e. The van der Waals surface area contributed by atoms with Crippen molar-refractivity contribution in [3.63, 3.8) is 0 Å². The van der Waals surface area contributed by atoms with Gasteiger partial charge in [0, 0.05) is 13.1 Å². The van der Waals surface area contributed by atoms with Crippen LogP contribution in [-0.2, 0) is 16.6 Å². The van der Waals surface area contributed by atoms with Gasteiger partial charge in [0.15, 0.2) is 0 Å². The first-order valence-electron chi connectivity index (χ1n) is 7.28. The summed E-state index contributed by atoms with van der Waals surface area (Å²) < 4.78 is 27.4. The predicted molar refractivity (Wildman–Crippen MR) is 77.9 cm³/mol. The third-order valence-electron chi connectivity index (χ3n) is 3.55. The van der Waals surface area contributed by atoms with Gasteiger partial charge in [-0.3, -0.25) is 5.10 Å². The van der Waals surface area contributed by atoms with E-state index in [0.29, 0.717) is 29.4 Å². The number of hydrogen-bond donors (Lipinski definition) is 3. The van der Waals surface area contributed by atoms with Crippen LogP contribution in [0.3, 0.4) is 0 Å². The van der Waals surface area contributed by atoms with Crippen LogP contribution in [0.2, 0.25) is 0 Å². The number of hydrogen-bond acceptors (Lipinski definition) is 4. The van der Waals surface area contributed by atoms with Gasteiger partial charge in [0.2, 0.25) is 10.0 Å².